The summed E-state index contributed by atoms with van der Waals surface area (Å²) >= 11 is 3.47. The Morgan fingerprint density at radius 1 is 1.25 bits per heavy atom. The summed E-state index contributed by atoms with van der Waals surface area (Å²) in [6.07, 6.45) is 1.48. The van der Waals surface area contributed by atoms with Crippen LogP contribution in [0.5, 0.6) is 0 Å². The number of nitrogens with zero attached hydrogens (tertiary/aromatic N) is 1. The van der Waals surface area contributed by atoms with E-state index in [4.69, 9.17) is 0 Å². The van der Waals surface area contributed by atoms with Crippen molar-refractivity contribution >= 4 is 21.9 Å². The second-order valence-electron chi connectivity index (χ2n) is 6.15. The third-order valence-corrected chi connectivity index (χ3v) is 5.02. The van der Waals surface area contributed by atoms with Crippen LogP contribution in [0.4, 0.5) is 4.39 Å². The van der Waals surface area contributed by atoms with Crippen molar-refractivity contribution in [3.05, 3.63) is 69.9 Å². The fourth-order valence-electron chi connectivity index (χ4n) is 3.40. The predicted molar refractivity (Wildman–Crippen MR) is 94.3 cm³/mol. The number of piperidine rings is 1. The van der Waals surface area contributed by atoms with E-state index in [0.29, 0.717) is 18.5 Å². The fourth-order valence-corrected chi connectivity index (χ4v) is 3.82. The first-order valence-corrected chi connectivity index (χ1v) is 8.82. The molecule has 24 heavy (non-hydrogen) atoms. The molecule has 0 amide bonds. The number of hydrogen-bond acceptors (Lipinski definition) is 2. The SMILES string of the molecule is O=C(O)C1CCCN(C(c2cccc(Br)c2)c2ccccc2F)C1. The van der Waals surface area contributed by atoms with E-state index < -0.39 is 11.9 Å². The predicted octanol–water partition coefficient (Wildman–Crippen LogP) is 4.47. The summed E-state index contributed by atoms with van der Waals surface area (Å²) in [5.74, 6) is -1.44. The molecule has 0 radical (unpaired) electrons. The van der Waals surface area contributed by atoms with Crippen LogP contribution in [0.3, 0.4) is 0 Å². The number of rotatable bonds is 4. The van der Waals surface area contributed by atoms with Crippen molar-refractivity contribution in [1.82, 2.24) is 4.90 Å². The number of carbonyl (C=O) groups is 1. The van der Waals surface area contributed by atoms with Crippen molar-refractivity contribution in [3.8, 4) is 0 Å². The third kappa shape index (κ3) is 3.68. The molecule has 2 aromatic carbocycles. The van der Waals surface area contributed by atoms with Crippen molar-refractivity contribution in [3.63, 3.8) is 0 Å². The van der Waals surface area contributed by atoms with E-state index >= 15 is 0 Å². The molecule has 1 saturated heterocycles. The second-order valence-corrected chi connectivity index (χ2v) is 7.07. The number of hydrogen-bond donors (Lipinski definition) is 1. The Balaban J connectivity index is 2.02. The molecule has 0 spiro atoms. The van der Waals surface area contributed by atoms with Crippen molar-refractivity contribution in [2.45, 2.75) is 18.9 Å². The van der Waals surface area contributed by atoms with Crippen molar-refractivity contribution in [2.24, 2.45) is 5.92 Å². The van der Waals surface area contributed by atoms with Gasteiger partial charge in [0.15, 0.2) is 0 Å². The second kappa shape index (κ2) is 7.45. The Morgan fingerprint density at radius 3 is 2.75 bits per heavy atom. The molecular weight excluding hydrogens is 373 g/mol. The lowest BCUT2D eigenvalue weighted by atomic mass is 9.91. The maximum Gasteiger partial charge on any atom is 0.307 e. The van der Waals surface area contributed by atoms with Crippen LogP contribution in [-0.4, -0.2) is 29.1 Å². The molecule has 0 bridgehead atoms. The van der Waals surface area contributed by atoms with Gasteiger partial charge >= 0.3 is 5.97 Å². The van der Waals surface area contributed by atoms with Crippen LogP contribution in [0.2, 0.25) is 0 Å². The normalized spacial score (nSPS) is 19.8. The summed E-state index contributed by atoms with van der Waals surface area (Å²) in [5, 5.41) is 9.37. The molecule has 1 aliphatic heterocycles. The first kappa shape index (κ1) is 17.1. The molecule has 1 N–H and O–H groups in total. The highest BCUT2D eigenvalue weighted by atomic mass is 79.9. The standard InChI is InChI=1S/C19H19BrFNO2/c20-15-7-3-5-13(11-15)18(16-8-1-2-9-17(16)21)22-10-4-6-14(12-22)19(23)24/h1-3,5,7-9,11,14,18H,4,6,10,12H2,(H,23,24). The number of halogens is 2. The number of aliphatic carboxylic acids is 1. The minimum absolute atomic E-state index is 0.264. The van der Waals surface area contributed by atoms with Crippen LogP contribution >= 0.6 is 15.9 Å². The van der Waals surface area contributed by atoms with Gasteiger partial charge in [0.1, 0.15) is 5.82 Å². The van der Waals surface area contributed by atoms with Gasteiger partial charge < -0.3 is 5.11 Å². The van der Waals surface area contributed by atoms with Crippen LogP contribution in [0, 0.1) is 11.7 Å². The van der Waals surface area contributed by atoms with Gasteiger partial charge in [-0.25, -0.2) is 4.39 Å². The molecular formula is C19H19BrFNO2. The summed E-state index contributed by atoms with van der Waals surface area (Å²) in [6, 6.07) is 14.2. The van der Waals surface area contributed by atoms with E-state index in [9.17, 15) is 14.3 Å². The highest BCUT2D eigenvalue weighted by Crippen LogP contribution is 2.34. The molecule has 1 fully saturated rings. The molecule has 2 aromatic rings. The van der Waals surface area contributed by atoms with Gasteiger partial charge in [0.2, 0.25) is 0 Å². The van der Waals surface area contributed by atoms with Gasteiger partial charge in [-0.1, -0.05) is 46.3 Å². The first-order valence-electron chi connectivity index (χ1n) is 8.03. The number of carboxylic acid groups (broad SMARTS) is 1. The highest BCUT2D eigenvalue weighted by molar-refractivity contribution is 9.10. The van der Waals surface area contributed by atoms with E-state index in [-0.39, 0.29) is 11.9 Å². The number of likely N-dealkylation sites (tertiary alicyclic amines) is 1. The fraction of sp³-hybridized carbons (Fsp3) is 0.316. The Kier molecular flexibility index (Phi) is 5.31. The summed E-state index contributed by atoms with van der Waals surface area (Å²) in [6.45, 7) is 1.19. The highest BCUT2D eigenvalue weighted by Gasteiger charge is 2.32. The van der Waals surface area contributed by atoms with Crippen LogP contribution in [0.15, 0.2) is 53.0 Å². The molecule has 3 nitrogen and oxygen atoms in total. The number of benzene rings is 2. The molecule has 1 aliphatic rings. The van der Waals surface area contributed by atoms with Crippen LogP contribution in [0.25, 0.3) is 0 Å². The quantitative estimate of drug-likeness (QED) is 0.835. The Bertz CT molecular complexity index is 737. The van der Waals surface area contributed by atoms with E-state index in [1.165, 1.54) is 6.07 Å². The third-order valence-electron chi connectivity index (χ3n) is 4.53. The van der Waals surface area contributed by atoms with Crippen LogP contribution in [-0.2, 0) is 4.79 Å². The van der Waals surface area contributed by atoms with Gasteiger partial charge in [0, 0.05) is 16.6 Å². The van der Waals surface area contributed by atoms with Gasteiger partial charge in [-0.3, -0.25) is 9.69 Å². The summed E-state index contributed by atoms with van der Waals surface area (Å²) < 4.78 is 15.4. The first-order chi connectivity index (χ1) is 11.6. The zero-order valence-corrected chi connectivity index (χ0v) is 14.7. The van der Waals surface area contributed by atoms with E-state index in [2.05, 4.69) is 20.8 Å². The lowest BCUT2D eigenvalue weighted by molar-refractivity contribution is -0.143. The smallest absolute Gasteiger partial charge is 0.307 e. The summed E-state index contributed by atoms with van der Waals surface area (Å²) in [4.78, 5) is 13.5. The monoisotopic (exact) mass is 391 g/mol. The zero-order valence-electron chi connectivity index (χ0n) is 13.2. The Hall–Kier alpha value is -1.72. The van der Waals surface area contributed by atoms with Gasteiger partial charge in [-0.15, -0.1) is 0 Å². The van der Waals surface area contributed by atoms with Crippen molar-refractivity contribution in [2.75, 3.05) is 13.1 Å². The van der Waals surface area contributed by atoms with Crippen molar-refractivity contribution < 1.29 is 14.3 Å². The maximum absolute atomic E-state index is 14.5. The van der Waals surface area contributed by atoms with Gasteiger partial charge in [0.25, 0.3) is 0 Å². The van der Waals surface area contributed by atoms with Crippen LogP contribution < -0.4 is 0 Å². The lowest BCUT2D eigenvalue weighted by Gasteiger charge is -2.37. The summed E-state index contributed by atoms with van der Waals surface area (Å²) in [5.41, 5.74) is 1.54. The minimum atomic E-state index is -0.777. The average Bonchev–Trinajstić information content (AvgIpc) is 2.57. The molecule has 5 heteroatoms. The zero-order chi connectivity index (χ0) is 17.1. The number of carboxylic acids is 1. The van der Waals surface area contributed by atoms with Gasteiger partial charge in [0.05, 0.1) is 12.0 Å². The molecule has 0 aliphatic carbocycles. The van der Waals surface area contributed by atoms with Crippen LogP contribution in [0.1, 0.15) is 30.0 Å². The van der Waals surface area contributed by atoms with Gasteiger partial charge in [-0.2, -0.15) is 0 Å². The Labute approximate surface area is 149 Å². The molecule has 2 atom stereocenters. The van der Waals surface area contributed by atoms with Gasteiger partial charge in [-0.05, 0) is 43.1 Å². The molecule has 1 heterocycles. The molecule has 0 aromatic heterocycles. The molecule has 2 unspecified atom stereocenters. The minimum Gasteiger partial charge on any atom is -0.481 e. The van der Waals surface area contributed by atoms with E-state index in [1.54, 1.807) is 12.1 Å². The van der Waals surface area contributed by atoms with E-state index in [1.807, 2.05) is 30.3 Å². The largest absolute Gasteiger partial charge is 0.481 e. The lowest BCUT2D eigenvalue weighted by Crippen LogP contribution is -2.41. The maximum atomic E-state index is 14.5. The average molecular weight is 392 g/mol. The topological polar surface area (TPSA) is 40.5 Å². The van der Waals surface area contributed by atoms with Crippen molar-refractivity contribution in [1.29, 1.82) is 0 Å². The molecule has 0 saturated carbocycles. The molecule has 126 valence electrons. The van der Waals surface area contributed by atoms with E-state index in [0.717, 1.165) is 23.0 Å². The summed E-state index contributed by atoms with van der Waals surface area (Å²) in [7, 11) is 0. The Morgan fingerprint density at radius 2 is 2.04 bits per heavy atom. The molecule has 3 rings (SSSR count).